The summed E-state index contributed by atoms with van der Waals surface area (Å²) >= 11 is 15.4. The van der Waals surface area contributed by atoms with Gasteiger partial charge < -0.3 is 5.32 Å². The van der Waals surface area contributed by atoms with Gasteiger partial charge in [-0.05, 0) is 31.0 Å². The Morgan fingerprint density at radius 1 is 1.22 bits per heavy atom. The predicted molar refractivity (Wildman–Crippen MR) is 83.5 cm³/mol. The molecule has 0 bridgehead atoms. The van der Waals surface area contributed by atoms with Gasteiger partial charge in [0.05, 0.1) is 14.7 Å². The zero-order valence-electron chi connectivity index (χ0n) is 10.0. The maximum atomic E-state index is 6.25. The second kappa shape index (κ2) is 6.31. The molecule has 1 atom stereocenters. The molecule has 96 valence electrons. The highest BCUT2D eigenvalue weighted by molar-refractivity contribution is 7.98. The molecule has 1 unspecified atom stereocenters. The van der Waals surface area contributed by atoms with Crippen molar-refractivity contribution >= 4 is 46.3 Å². The highest BCUT2D eigenvalue weighted by Crippen LogP contribution is 2.39. The molecule has 0 fully saturated rings. The quantitative estimate of drug-likeness (QED) is 0.789. The molecule has 1 nitrogen and oxygen atoms in total. The molecule has 0 aliphatic carbocycles. The Hall–Kier alpha value is -0.190. The molecule has 1 aromatic heterocycles. The number of thioether (sulfide) groups is 1. The molecule has 5 heteroatoms. The van der Waals surface area contributed by atoms with Crippen LogP contribution in [0.2, 0.25) is 8.67 Å². The van der Waals surface area contributed by atoms with Crippen LogP contribution in [0.5, 0.6) is 0 Å². The normalized spacial score (nSPS) is 12.7. The van der Waals surface area contributed by atoms with Gasteiger partial charge in [-0.2, -0.15) is 0 Å². The first-order chi connectivity index (χ1) is 8.67. The Labute approximate surface area is 126 Å². The van der Waals surface area contributed by atoms with E-state index in [0.717, 1.165) is 14.2 Å². The second-order valence-electron chi connectivity index (χ2n) is 3.74. The third-order valence-corrected chi connectivity index (χ3v) is 5.06. The van der Waals surface area contributed by atoms with Crippen molar-refractivity contribution in [2.75, 3.05) is 13.3 Å². The molecule has 1 N–H and O–H groups in total. The maximum Gasteiger partial charge on any atom is 0.0995 e. The van der Waals surface area contributed by atoms with E-state index in [9.17, 15) is 0 Å². The maximum absolute atomic E-state index is 6.25. The largest absolute Gasteiger partial charge is 0.309 e. The molecular weight excluding hydrogens is 305 g/mol. The first-order valence-electron chi connectivity index (χ1n) is 5.42. The van der Waals surface area contributed by atoms with Crippen LogP contribution in [0.3, 0.4) is 0 Å². The Morgan fingerprint density at radius 3 is 2.50 bits per heavy atom. The molecule has 0 saturated heterocycles. The van der Waals surface area contributed by atoms with E-state index >= 15 is 0 Å². The van der Waals surface area contributed by atoms with Gasteiger partial charge in [-0.15, -0.1) is 23.1 Å². The van der Waals surface area contributed by atoms with Crippen molar-refractivity contribution in [1.82, 2.24) is 5.32 Å². The Kier molecular flexibility index (Phi) is 4.98. The van der Waals surface area contributed by atoms with Gasteiger partial charge in [-0.3, -0.25) is 0 Å². The highest BCUT2D eigenvalue weighted by Gasteiger charge is 2.20. The SMILES string of the molecule is CNC(c1ccccc1SC)c1cc(Cl)sc1Cl. The van der Waals surface area contributed by atoms with Crippen LogP contribution in [0.25, 0.3) is 0 Å². The minimum absolute atomic E-state index is 0.0740. The van der Waals surface area contributed by atoms with E-state index in [4.69, 9.17) is 23.2 Å². The van der Waals surface area contributed by atoms with E-state index in [1.165, 1.54) is 21.8 Å². The first-order valence-corrected chi connectivity index (χ1v) is 8.22. The summed E-state index contributed by atoms with van der Waals surface area (Å²) in [5.74, 6) is 0. The molecular formula is C13H13Cl2NS2. The van der Waals surface area contributed by atoms with E-state index < -0.39 is 0 Å². The van der Waals surface area contributed by atoms with Crippen molar-refractivity contribution in [3.05, 3.63) is 50.1 Å². The lowest BCUT2D eigenvalue weighted by molar-refractivity contribution is 0.683. The van der Waals surface area contributed by atoms with Gasteiger partial charge in [0.25, 0.3) is 0 Å². The number of rotatable bonds is 4. The molecule has 0 saturated carbocycles. The highest BCUT2D eigenvalue weighted by atomic mass is 35.5. The minimum atomic E-state index is 0.0740. The van der Waals surface area contributed by atoms with Crippen molar-refractivity contribution < 1.29 is 0 Å². The second-order valence-corrected chi connectivity index (χ2v) is 6.88. The Morgan fingerprint density at radius 2 is 1.94 bits per heavy atom. The molecule has 0 spiro atoms. The van der Waals surface area contributed by atoms with Gasteiger partial charge in [-0.1, -0.05) is 41.4 Å². The molecule has 0 radical (unpaired) electrons. The topological polar surface area (TPSA) is 12.0 Å². The number of benzene rings is 1. The third kappa shape index (κ3) is 2.86. The molecule has 2 rings (SSSR count). The molecule has 2 aromatic rings. The smallest absolute Gasteiger partial charge is 0.0995 e. The number of thiophene rings is 1. The summed E-state index contributed by atoms with van der Waals surface area (Å²) in [6, 6.07) is 10.3. The molecule has 0 amide bonds. The predicted octanol–water partition coefficient (Wildman–Crippen LogP) is 5.09. The monoisotopic (exact) mass is 317 g/mol. The molecule has 0 aliphatic rings. The summed E-state index contributed by atoms with van der Waals surface area (Å²) in [5, 5.41) is 3.31. The lowest BCUT2D eigenvalue weighted by Crippen LogP contribution is -2.18. The zero-order chi connectivity index (χ0) is 13.1. The van der Waals surface area contributed by atoms with Crippen LogP contribution < -0.4 is 5.32 Å². The van der Waals surface area contributed by atoms with E-state index in [1.807, 2.05) is 25.2 Å². The minimum Gasteiger partial charge on any atom is -0.309 e. The standard InChI is InChI=1S/C13H13Cl2NS2/c1-16-12(9-7-11(14)18-13(9)15)8-5-3-4-6-10(8)17-2/h3-7,12,16H,1-2H3. The Balaban J connectivity index is 2.48. The van der Waals surface area contributed by atoms with E-state index in [1.54, 1.807) is 11.8 Å². The first kappa shape index (κ1) is 14.2. The van der Waals surface area contributed by atoms with E-state index in [0.29, 0.717) is 0 Å². The van der Waals surface area contributed by atoms with Crippen LogP contribution in [0.1, 0.15) is 17.2 Å². The number of hydrogen-bond acceptors (Lipinski definition) is 3. The van der Waals surface area contributed by atoms with Crippen LogP contribution in [-0.4, -0.2) is 13.3 Å². The van der Waals surface area contributed by atoms with Gasteiger partial charge in [-0.25, -0.2) is 0 Å². The summed E-state index contributed by atoms with van der Waals surface area (Å²) in [5.41, 5.74) is 2.26. The fourth-order valence-electron chi connectivity index (χ4n) is 1.93. The van der Waals surface area contributed by atoms with Gasteiger partial charge in [0.1, 0.15) is 0 Å². The number of halogens is 2. The lowest BCUT2D eigenvalue weighted by atomic mass is 10.0. The van der Waals surface area contributed by atoms with Gasteiger partial charge in [0, 0.05) is 10.5 Å². The molecule has 1 heterocycles. The lowest BCUT2D eigenvalue weighted by Gasteiger charge is -2.19. The van der Waals surface area contributed by atoms with Crippen molar-refractivity contribution in [3.8, 4) is 0 Å². The van der Waals surface area contributed by atoms with Crippen molar-refractivity contribution in [1.29, 1.82) is 0 Å². The average molecular weight is 318 g/mol. The number of hydrogen-bond donors (Lipinski definition) is 1. The summed E-state index contributed by atoms with van der Waals surface area (Å²) in [6.07, 6.45) is 2.08. The van der Waals surface area contributed by atoms with Crippen LogP contribution >= 0.6 is 46.3 Å². The zero-order valence-corrected chi connectivity index (χ0v) is 13.2. The summed E-state index contributed by atoms with van der Waals surface area (Å²) in [7, 11) is 1.93. The van der Waals surface area contributed by atoms with Crippen LogP contribution in [0.15, 0.2) is 35.2 Å². The summed E-state index contributed by atoms with van der Waals surface area (Å²) < 4.78 is 1.46. The molecule has 1 aromatic carbocycles. The molecule has 18 heavy (non-hydrogen) atoms. The van der Waals surface area contributed by atoms with E-state index in [2.05, 4.69) is 23.7 Å². The van der Waals surface area contributed by atoms with Crippen molar-refractivity contribution in [3.63, 3.8) is 0 Å². The summed E-state index contributed by atoms with van der Waals surface area (Å²) in [6.45, 7) is 0. The van der Waals surface area contributed by atoms with Crippen molar-refractivity contribution in [2.45, 2.75) is 10.9 Å². The van der Waals surface area contributed by atoms with Gasteiger partial charge in [0.15, 0.2) is 0 Å². The fourth-order valence-corrected chi connectivity index (χ4v) is 4.10. The fraction of sp³-hybridized carbons (Fsp3) is 0.231. The van der Waals surface area contributed by atoms with Gasteiger partial charge >= 0.3 is 0 Å². The molecule has 0 aliphatic heterocycles. The number of nitrogens with one attached hydrogen (secondary N) is 1. The third-order valence-electron chi connectivity index (χ3n) is 2.73. The van der Waals surface area contributed by atoms with Crippen LogP contribution in [0.4, 0.5) is 0 Å². The van der Waals surface area contributed by atoms with Crippen LogP contribution in [-0.2, 0) is 0 Å². The van der Waals surface area contributed by atoms with E-state index in [-0.39, 0.29) is 6.04 Å². The van der Waals surface area contributed by atoms with Crippen LogP contribution in [0, 0.1) is 0 Å². The average Bonchev–Trinajstić information content (AvgIpc) is 2.70. The van der Waals surface area contributed by atoms with Crippen molar-refractivity contribution in [2.24, 2.45) is 0 Å². The summed E-state index contributed by atoms with van der Waals surface area (Å²) in [4.78, 5) is 1.25. The Bertz CT molecular complexity index is 540. The van der Waals surface area contributed by atoms with Gasteiger partial charge in [0.2, 0.25) is 0 Å².